The normalized spacial score (nSPS) is 10.2. The van der Waals surface area contributed by atoms with Gasteiger partial charge in [0.05, 0.1) is 0 Å². The van der Waals surface area contributed by atoms with Crippen molar-refractivity contribution in [3.8, 4) is 0 Å². The van der Waals surface area contributed by atoms with Crippen LogP contribution in [0.3, 0.4) is 0 Å². The maximum absolute atomic E-state index is 13.1. The molecule has 1 aromatic heterocycles. The predicted molar refractivity (Wildman–Crippen MR) is 153 cm³/mol. The number of pyridine rings is 1. The van der Waals surface area contributed by atoms with Crippen LogP contribution in [0, 0.1) is 0 Å². The molecule has 4 rings (SSSR count). The quantitative estimate of drug-likeness (QED) is 0.173. The summed E-state index contributed by atoms with van der Waals surface area (Å²) in [6.07, 6.45) is 7.46. The molecule has 0 fully saturated rings. The van der Waals surface area contributed by atoms with Gasteiger partial charge in [0.1, 0.15) is 6.29 Å². The molecule has 3 aromatic carbocycles. The molecule has 0 atom stereocenters. The van der Waals surface area contributed by atoms with E-state index in [4.69, 9.17) is 0 Å². The Hall–Kier alpha value is -3.37. The van der Waals surface area contributed by atoms with Crippen molar-refractivity contribution in [2.45, 2.75) is 45.4 Å². The molecule has 4 aromatic rings. The van der Waals surface area contributed by atoms with Gasteiger partial charge in [-0.15, -0.1) is 0 Å². The van der Waals surface area contributed by atoms with Crippen LogP contribution in [0.15, 0.2) is 114 Å². The van der Waals surface area contributed by atoms with Crippen molar-refractivity contribution in [3.63, 3.8) is 0 Å². The van der Waals surface area contributed by atoms with E-state index in [1.807, 2.05) is 78.9 Å². The lowest BCUT2D eigenvalue weighted by molar-refractivity contribution is 0.103. The Labute approximate surface area is 223 Å². The van der Waals surface area contributed by atoms with Crippen molar-refractivity contribution >= 4 is 28.0 Å². The second-order valence-corrected chi connectivity index (χ2v) is 9.10. The maximum Gasteiger partial charge on any atom is 0.194 e. The van der Waals surface area contributed by atoms with Gasteiger partial charge >= 0.3 is 0 Å². The molecule has 0 N–H and O–H groups in total. The van der Waals surface area contributed by atoms with Crippen LogP contribution in [-0.2, 0) is 5.41 Å². The summed E-state index contributed by atoms with van der Waals surface area (Å²) in [4.78, 5) is 26.8. The average molecular weight is 545 g/mol. The monoisotopic (exact) mass is 543 g/mol. The fourth-order valence-electron chi connectivity index (χ4n) is 4.10. The Kier molecular flexibility index (Phi) is 12.5. The number of aldehydes is 1. The Morgan fingerprint density at radius 2 is 1.22 bits per heavy atom. The lowest BCUT2D eigenvalue weighted by Gasteiger charge is -2.33. The third kappa shape index (κ3) is 8.10. The van der Waals surface area contributed by atoms with Crippen molar-refractivity contribution in [3.05, 3.63) is 136 Å². The van der Waals surface area contributed by atoms with Gasteiger partial charge in [0.15, 0.2) is 5.78 Å². The van der Waals surface area contributed by atoms with E-state index in [0.717, 1.165) is 46.7 Å². The number of benzene rings is 3. The standard InChI is InChI=1S/C20H23BrO.C7H6O.C5H5N/c1-4-20(5-2,6-3)17-13-9-7-11-15(17)19(22)16-12-8-10-14-18(16)21;8-6-7-4-2-1-3-5-7;1-2-4-6-5-3-1/h7-14H,4-6H2,1-3H3;1-6H;1-5H. The van der Waals surface area contributed by atoms with E-state index in [9.17, 15) is 9.59 Å². The lowest BCUT2D eigenvalue weighted by Crippen LogP contribution is -2.26. The van der Waals surface area contributed by atoms with Crippen LogP contribution in [-0.4, -0.2) is 17.1 Å². The molecule has 36 heavy (non-hydrogen) atoms. The zero-order chi connectivity index (χ0) is 26.2. The average Bonchev–Trinajstić information content (AvgIpc) is 2.96. The van der Waals surface area contributed by atoms with E-state index >= 15 is 0 Å². The third-order valence-electron chi connectivity index (χ3n) is 6.39. The topological polar surface area (TPSA) is 47.0 Å². The molecule has 1 heterocycles. The summed E-state index contributed by atoms with van der Waals surface area (Å²) < 4.78 is 0.852. The van der Waals surface area contributed by atoms with Crippen LogP contribution in [0.1, 0.15) is 71.9 Å². The first kappa shape index (κ1) is 28.9. The zero-order valence-electron chi connectivity index (χ0n) is 21.2. The molecule has 0 unspecified atom stereocenters. The van der Waals surface area contributed by atoms with Gasteiger partial charge in [-0.2, -0.15) is 0 Å². The largest absolute Gasteiger partial charge is 0.298 e. The number of nitrogens with zero attached hydrogens (tertiary/aromatic N) is 1. The number of carbonyl (C=O) groups excluding carboxylic acids is 2. The summed E-state index contributed by atoms with van der Waals surface area (Å²) in [5.41, 5.74) is 3.55. The second kappa shape index (κ2) is 15.6. The Morgan fingerprint density at radius 3 is 1.67 bits per heavy atom. The molecule has 0 spiro atoms. The minimum absolute atomic E-state index is 0.0769. The van der Waals surface area contributed by atoms with Crippen LogP contribution < -0.4 is 0 Å². The van der Waals surface area contributed by atoms with Crippen molar-refractivity contribution < 1.29 is 9.59 Å². The van der Waals surface area contributed by atoms with Crippen LogP contribution >= 0.6 is 15.9 Å². The fraction of sp³-hybridized carbons (Fsp3) is 0.219. The number of hydrogen-bond acceptors (Lipinski definition) is 3. The Balaban J connectivity index is 0.000000263. The highest BCUT2D eigenvalue weighted by Gasteiger charge is 2.30. The SMILES string of the molecule is CCC(CC)(CC)c1ccccc1C(=O)c1ccccc1Br.O=Cc1ccccc1.c1ccncc1. The fourth-order valence-corrected chi connectivity index (χ4v) is 4.56. The molecule has 186 valence electrons. The number of halogens is 1. The van der Waals surface area contributed by atoms with Crippen LogP contribution in [0.5, 0.6) is 0 Å². The molecule has 0 amide bonds. The summed E-state index contributed by atoms with van der Waals surface area (Å²) in [7, 11) is 0. The first-order valence-electron chi connectivity index (χ1n) is 12.3. The molecule has 0 bridgehead atoms. The summed E-state index contributed by atoms with van der Waals surface area (Å²) in [5.74, 6) is 0.0998. The minimum Gasteiger partial charge on any atom is -0.298 e. The van der Waals surface area contributed by atoms with Crippen molar-refractivity contribution in [2.75, 3.05) is 0 Å². The van der Waals surface area contributed by atoms with Gasteiger partial charge in [-0.1, -0.05) is 109 Å². The Bertz CT molecular complexity index is 1150. The van der Waals surface area contributed by atoms with Gasteiger partial charge in [-0.25, -0.2) is 0 Å². The molecule has 0 aliphatic rings. The van der Waals surface area contributed by atoms with Gasteiger partial charge in [0.2, 0.25) is 0 Å². The summed E-state index contributed by atoms with van der Waals surface area (Å²) in [6.45, 7) is 6.64. The zero-order valence-corrected chi connectivity index (χ0v) is 22.8. The van der Waals surface area contributed by atoms with Gasteiger partial charge in [0.25, 0.3) is 0 Å². The maximum atomic E-state index is 13.1. The van der Waals surface area contributed by atoms with E-state index in [1.165, 1.54) is 5.56 Å². The van der Waals surface area contributed by atoms with E-state index in [0.29, 0.717) is 0 Å². The summed E-state index contributed by atoms with van der Waals surface area (Å²) in [6, 6.07) is 30.5. The van der Waals surface area contributed by atoms with E-state index in [1.54, 1.807) is 24.5 Å². The van der Waals surface area contributed by atoms with Crippen LogP contribution in [0.2, 0.25) is 0 Å². The molecule has 0 aliphatic carbocycles. The van der Waals surface area contributed by atoms with E-state index < -0.39 is 0 Å². The molecule has 0 saturated heterocycles. The molecule has 0 aliphatic heterocycles. The lowest BCUT2D eigenvalue weighted by atomic mass is 9.71. The van der Waals surface area contributed by atoms with Crippen LogP contribution in [0.25, 0.3) is 0 Å². The highest BCUT2D eigenvalue weighted by Crippen LogP contribution is 2.38. The first-order valence-corrected chi connectivity index (χ1v) is 13.1. The number of hydrogen-bond donors (Lipinski definition) is 0. The van der Waals surface area contributed by atoms with Gasteiger partial charge < -0.3 is 0 Å². The number of ketones is 1. The minimum atomic E-state index is 0.0769. The Morgan fingerprint density at radius 1 is 0.722 bits per heavy atom. The van der Waals surface area contributed by atoms with Crippen molar-refractivity contribution in [1.29, 1.82) is 0 Å². The van der Waals surface area contributed by atoms with Gasteiger partial charge in [0, 0.05) is 33.6 Å². The summed E-state index contributed by atoms with van der Waals surface area (Å²) >= 11 is 3.50. The predicted octanol–water partition coefficient (Wildman–Crippen LogP) is 8.73. The third-order valence-corrected chi connectivity index (χ3v) is 7.09. The molecule has 0 radical (unpaired) electrons. The first-order chi connectivity index (χ1) is 17.5. The molecule has 4 heteroatoms. The van der Waals surface area contributed by atoms with Crippen LogP contribution in [0.4, 0.5) is 0 Å². The molecular weight excluding hydrogens is 510 g/mol. The smallest absolute Gasteiger partial charge is 0.194 e. The van der Waals surface area contributed by atoms with Gasteiger partial charge in [-0.3, -0.25) is 14.6 Å². The summed E-state index contributed by atoms with van der Waals surface area (Å²) in [5, 5.41) is 0. The van der Waals surface area contributed by atoms with Crippen molar-refractivity contribution in [2.24, 2.45) is 0 Å². The highest BCUT2D eigenvalue weighted by molar-refractivity contribution is 9.10. The van der Waals surface area contributed by atoms with E-state index in [-0.39, 0.29) is 11.2 Å². The van der Waals surface area contributed by atoms with E-state index in [2.05, 4.69) is 47.8 Å². The number of carbonyl (C=O) groups is 2. The number of aromatic nitrogens is 1. The van der Waals surface area contributed by atoms with Gasteiger partial charge in [-0.05, 0) is 54.5 Å². The number of rotatable bonds is 7. The highest BCUT2D eigenvalue weighted by atomic mass is 79.9. The molecule has 0 saturated carbocycles. The molecule has 3 nitrogen and oxygen atoms in total. The van der Waals surface area contributed by atoms with Crippen molar-refractivity contribution in [1.82, 2.24) is 4.98 Å². The second-order valence-electron chi connectivity index (χ2n) is 8.25. The molecular formula is C32H34BrNO2.